The molecule has 0 aliphatic heterocycles. The number of allylic oxidation sites excluding steroid dienone is 3. The Balaban J connectivity index is 1.82. The number of carboxylic acids is 1. The van der Waals surface area contributed by atoms with Gasteiger partial charge in [0, 0.05) is 24.7 Å². The number of hydrogen-bond acceptors (Lipinski definition) is 4. The van der Waals surface area contributed by atoms with Crippen LogP contribution in [-0.4, -0.2) is 39.3 Å². The van der Waals surface area contributed by atoms with Gasteiger partial charge in [0.25, 0.3) is 0 Å². The minimum Gasteiger partial charge on any atom is -0.481 e. The second-order valence-electron chi connectivity index (χ2n) is 7.40. The number of rotatable bonds is 11. The minimum atomic E-state index is -0.804. The molecule has 0 radical (unpaired) electrons. The van der Waals surface area contributed by atoms with Crippen LogP contribution in [0.25, 0.3) is 0 Å². The van der Waals surface area contributed by atoms with Gasteiger partial charge in [-0.05, 0) is 37.7 Å². The van der Waals surface area contributed by atoms with Crippen molar-refractivity contribution in [3.8, 4) is 0 Å². The van der Waals surface area contributed by atoms with Gasteiger partial charge in [-0.15, -0.1) is 0 Å². The zero-order valence-electron chi connectivity index (χ0n) is 16.1. The lowest BCUT2D eigenvalue weighted by molar-refractivity contribution is -0.137. The molecule has 0 saturated heterocycles. The molecule has 0 aromatic heterocycles. The second kappa shape index (κ2) is 11.6. The number of ketones is 1. The number of aliphatic hydroxyl groups is 2. The van der Waals surface area contributed by atoms with Gasteiger partial charge in [0.2, 0.25) is 0 Å². The Morgan fingerprint density at radius 1 is 1.21 bits per heavy atom. The van der Waals surface area contributed by atoms with Crippen molar-refractivity contribution < 1.29 is 24.9 Å². The third-order valence-electron chi connectivity index (χ3n) is 5.19. The molecule has 5 nitrogen and oxygen atoms in total. The van der Waals surface area contributed by atoms with E-state index in [1.807, 2.05) is 42.5 Å². The lowest BCUT2D eigenvalue weighted by Gasteiger charge is -2.17. The van der Waals surface area contributed by atoms with E-state index < -0.39 is 18.2 Å². The van der Waals surface area contributed by atoms with Crippen LogP contribution in [0.5, 0.6) is 0 Å². The molecule has 1 saturated carbocycles. The minimum absolute atomic E-state index is 0.00304. The highest BCUT2D eigenvalue weighted by Crippen LogP contribution is 2.33. The maximum absolute atomic E-state index is 12.2. The predicted molar refractivity (Wildman–Crippen MR) is 108 cm³/mol. The van der Waals surface area contributed by atoms with E-state index in [0.717, 1.165) is 12.0 Å². The zero-order valence-corrected chi connectivity index (χ0v) is 16.1. The third kappa shape index (κ3) is 7.41. The number of aliphatic carboxylic acids is 1. The SMILES string of the molecule is O=C(O)CCC/C=C/CC1C(O)CC(=O)C1/C=C/C(O)CCc1ccccc1. The number of carbonyl (C=O) groups excluding carboxylic acids is 1. The summed E-state index contributed by atoms with van der Waals surface area (Å²) in [6.07, 6.45) is 9.39. The standard InChI is InChI=1S/C23H30O5/c24-18(13-12-17-8-4-3-5-9-17)14-15-20-19(21(25)16-22(20)26)10-6-1-2-7-11-23(27)28/h1,3-6,8-9,14-15,18-21,24-25H,2,7,10-13,16H2,(H,27,28)/b6-1+,15-14+. The second-order valence-corrected chi connectivity index (χ2v) is 7.40. The summed E-state index contributed by atoms with van der Waals surface area (Å²) in [7, 11) is 0. The van der Waals surface area contributed by atoms with Crippen LogP contribution in [0.1, 0.15) is 44.1 Å². The Morgan fingerprint density at radius 2 is 1.96 bits per heavy atom. The first-order chi connectivity index (χ1) is 13.5. The van der Waals surface area contributed by atoms with Gasteiger partial charge in [0.1, 0.15) is 5.78 Å². The van der Waals surface area contributed by atoms with Crippen LogP contribution in [0, 0.1) is 11.8 Å². The van der Waals surface area contributed by atoms with Gasteiger partial charge in [-0.1, -0.05) is 54.6 Å². The van der Waals surface area contributed by atoms with Gasteiger partial charge in [-0.25, -0.2) is 0 Å². The number of benzene rings is 1. The fourth-order valence-corrected chi connectivity index (χ4v) is 3.57. The first-order valence-corrected chi connectivity index (χ1v) is 9.95. The van der Waals surface area contributed by atoms with Crippen LogP contribution >= 0.6 is 0 Å². The van der Waals surface area contributed by atoms with Crippen molar-refractivity contribution >= 4 is 11.8 Å². The number of carboxylic acid groups (broad SMARTS) is 1. The van der Waals surface area contributed by atoms with Crippen molar-refractivity contribution in [1.29, 1.82) is 0 Å². The molecule has 152 valence electrons. The Kier molecular flexibility index (Phi) is 9.11. The molecule has 28 heavy (non-hydrogen) atoms. The first-order valence-electron chi connectivity index (χ1n) is 9.95. The normalized spacial score (nSPS) is 23.6. The third-order valence-corrected chi connectivity index (χ3v) is 5.19. The maximum Gasteiger partial charge on any atom is 0.303 e. The average molecular weight is 386 g/mol. The van der Waals surface area contributed by atoms with E-state index in [-0.39, 0.29) is 30.5 Å². The van der Waals surface area contributed by atoms with E-state index in [4.69, 9.17) is 5.11 Å². The summed E-state index contributed by atoms with van der Waals surface area (Å²) in [6, 6.07) is 9.93. The van der Waals surface area contributed by atoms with Crippen LogP contribution in [0.4, 0.5) is 0 Å². The summed E-state index contributed by atoms with van der Waals surface area (Å²) in [5.41, 5.74) is 1.16. The van der Waals surface area contributed by atoms with Crippen LogP contribution in [0.3, 0.4) is 0 Å². The van der Waals surface area contributed by atoms with Gasteiger partial charge >= 0.3 is 5.97 Å². The molecule has 1 aromatic carbocycles. The molecule has 4 atom stereocenters. The molecule has 2 rings (SSSR count). The molecule has 1 aliphatic rings. The van der Waals surface area contributed by atoms with E-state index >= 15 is 0 Å². The van der Waals surface area contributed by atoms with E-state index in [0.29, 0.717) is 25.7 Å². The van der Waals surface area contributed by atoms with Crippen LogP contribution in [-0.2, 0) is 16.0 Å². The van der Waals surface area contributed by atoms with Crippen molar-refractivity contribution in [3.05, 3.63) is 60.2 Å². The van der Waals surface area contributed by atoms with Gasteiger partial charge < -0.3 is 15.3 Å². The smallest absolute Gasteiger partial charge is 0.303 e. The van der Waals surface area contributed by atoms with Crippen molar-refractivity contribution in [3.63, 3.8) is 0 Å². The van der Waals surface area contributed by atoms with E-state index in [9.17, 15) is 19.8 Å². The Labute approximate surface area is 166 Å². The quantitative estimate of drug-likeness (QED) is 0.401. The summed E-state index contributed by atoms with van der Waals surface area (Å²) < 4.78 is 0. The van der Waals surface area contributed by atoms with Gasteiger partial charge in [0.15, 0.2) is 0 Å². The molecule has 0 heterocycles. The zero-order chi connectivity index (χ0) is 20.4. The van der Waals surface area contributed by atoms with Gasteiger partial charge in [-0.2, -0.15) is 0 Å². The number of unbranched alkanes of at least 4 members (excludes halogenated alkanes) is 1. The molecule has 1 aliphatic carbocycles. The lowest BCUT2D eigenvalue weighted by Crippen LogP contribution is -2.19. The first kappa shape index (κ1) is 22.1. The van der Waals surface area contributed by atoms with Crippen LogP contribution in [0.2, 0.25) is 0 Å². The number of Topliss-reactive ketones (excluding diaryl/α,β-unsaturated/α-hetero) is 1. The molecule has 4 unspecified atom stereocenters. The summed E-state index contributed by atoms with van der Waals surface area (Å²) in [5, 5.41) is 29.0. The van der Waals surface area contributed by atoms with E-state index in [1.165, 1.54) is 0 Å². The Morgan fingerprint density at radius 3 is 2.68 bits per heavy atom. The molecule has 1 fully saturated rings. The van der Waals surface area contributed by atoms with Crippen LogP contribution < -0.4 is 0 Å². The molecule has 0 amide bonds. The molecule has 0 spiro atoms. The number of aliphatic hydroxyl groups excluding tert-OH is 2. The fourth-order valence-electron chi connectivity index (χ4n) is 3.57. The van der Waals surface area contributed by atoms with E-state index in [1.54, 1.807) is 12.2 Å². The summed E-state index contributed by atoms with van der Waals surface area (Å²) >= 11 is 0. The summed E-state index contributed by atoms with van der Waals surface area (Å²) in [5.74, 6) is -1.38. The number of aryl methyl sites for hydroxylation is 1. The number of hydrogen-bond donors (Lipinski definition) is 3. The van der Waals surface area contributed by atoms with Crippen molar-refractivity contribution in [2.24, 2.45) is 11.8 Å². The highest BCUT2D eigenvalue weighted by Gasteiger charge is 2.39. The average Bonchev–Trinajstić information content (AvgIpc) is 2.94. The largest absolute Gasteiger partial charge is 0.481 e. The lowest BCUT2D eigenvalue weighted by atomic mass is 9.90. The molecule has 1 aromatic rings. The monoisotopic (exact) mass is 386 g/mol. The molecule has 5 heteroatoms. The van der Waals surface area contributed by atoms with E-state index in [2.05, 4.69) is 0 Å². The maximum atomic E-state index is 12.2. The van der Waals surface area contributed by atoms with Gasteiger partial charge in [0.05, 0.1) is 12.2 Å². The van der Waals surface area contributed by atoms with Gasteiger partial charge in [-0.3, -0.25) is 9.59 Å². The van der Waals surface area contributed by atoms with Crippen molar-refractivity contribution in [1.82, 2.24) is 0 Å². The highest BCUT2D eigenvalue weighted by atomic mass is 16.4. The van der Waals surface area contributed by atoms with Crippen molar-refractivity contribution in [2.45, 2.75) is 57.2 Å². The molecule has 3 N–H and O–H groups in total. The highest BCUT2D eigenvalue weighted by molar-refractivity contribution is 5.86. The summed E-state index contributed by atoms with van der Waals surface area (Å²) in [6.45, 7) is 0. The Bertz CT molecular complexity index is 679. The number of carbonyl (C=O) groups is 2. The van der Waals surface area contributed by atoms with Crippen LogP contribution in [0.15, 0.2) is 54.6 Å². The van der Waals surface area contributed by atoms with Crippen molar-refractivity contribution in [2.75, 3.05) is 0 Å². The molecule has 0 bridgehead atoms. The summed E-state index contributed by atoms with van der Waals surface area (Å²) in [4.78, 5) is 22.7. The Hall–Kier alpha value is -2.24. The topological polar surface area (TPSA) is 94.8 Å². The fraction of sp³-hybridized carbons (Fsp3) is 0.478. The predicted octanol–water partition coefficient (Wildman–Crippen LogP) is 3.30. The molecular formula is C23H30O5. The molecular weight excluding hydrogens is 356 g/mol.